The maximum Gasteiger partial charge on any atom is 0.221 e. The summed E-state index contributed by atoms with van der Waals surface area (Å²) in [7, 11) is 0. The second-order valence-corrected chi connectivity index (χ2v) is 11.6. The topological polar surface area (TPSA) is 97.3 Å². The molecule has 8 bridgehead atoms. The molecule has 216 valence electrons. The lowest BCUT2D eigenvalue weighted by Gasteiger charge is -2.01. The fourth-order valence-corrected chi connectivity index (χ4v) is 6.10. The molecule has 0 spiro atoms. The van der Waals surface area contributed by atoms with Gasteiger partial charge < -0.3 is 19.9 Å². The molecule has 0 saturated carbocycles. The second kappa shape index (κ2) is 11.7. The van der Waals surface area contributed by atoms with Crippen molar-refractivity contribution in [1.29, 1.82) is 0 Å². The third kappa shape index (κ3) is 5.44. The molecule has 5 heterocycles. The van der Waals surface area contributed by atoms with Crippen molar-refractivity contribution in [1.82, 2.24) is 19.9 Å². The number of aromatic amines is 4. The van der Waals surface area contributed by atoms with Gasteiger partial charge in [0.2, 0.25) is 10.5 Å². The van der Waals surface area contributed by atoms with Crippen LogP contribution in [0.1, 0.15) is 80.1 Å². The number of aromatic nitrogens is 4. The van der Waals surface area contributed by atoms with E-state index in [4.69, 9.17) is 23.2 Å². The van der Waals surface area contributed by atoms with Crippen molar-refractivity contribution in [2.45, 2.75) is 53.4 Å². The molecule has 42 heavy (non-hydrogen) atoms. The zero-order valence-corrected chi connectivity index (χ0v) is 25.8. The van der Waals surface area contributed by atoms with Crippen LogP contribution in [0, 0.1) is 27.7 Å². The maximum atomic E-state index is 11.8. The first-order valence-corrected chi connectivity index (χ1v) is 14.7. The molecule has 0 saturated heterocycles. The van der Waals surface area contributed by atoms with Crippen LogP contribution >= 0.6 is 23.2 Å². The van der Waals surface area contributed by atoms with Crippen molar-refractivity contribution in [3.05, 3.63) is 102 Å². The molecule has 4 aromatic heterocycles. The van der Waals surface area contributed by atoms with Gasteiger partial charge in [-0.3, -0.25) is 9.59 Å². The standard InChI is InChI=1S/C34H34Cl2N4O2/c1-7-21-17(3)25-13-26-19(5)23(9-11-33(35)41)31(39-26)16-32-24(10-12-34(36)42)20(6)28(40-32)15-30-22(8-2)18(4)27(38-30)14-29(21)37-25/h7-8,13-16,37-40H,1-2,9-12H2,3-6H3. The lowest BCUT2D eigenvalue weighted by molar-refractivity contribution is -0.112. The summed E-state index contributed by atoms with van der Waals surface area (Å²) < 4.78 is 0. The van der Waals surface area contributed by atoms with E-state index in [9.17, 15) is 9.59 Å². The first-order valence-electron chi connectivity index (χ1n) is 13.9. The minimum atomic E-state index is -0.382. The Morgan fingerprint density at radius 2 is 1.10 bits per heavy atom. The zero-order valence-electron chi connectivity index (χ0n) is 24.3. The van der Waals surface area contributed by atoms with Crippen LogP contribution in [0.4, 0.5) is 0 Å². The van der Waals surface area contributed by atoms with Crippen LogP contribution in [0.15, 0.2) is 13.2 Å². The predicted molar refractivity (Wildman–Crippen MR) is 173 cm³/mol. The Labute approximate surface area is 254 Å². The van der Waals surface area contributed by atoms with Gasteiger partial charge >= 0.3 is 0 Å². The fraction of sp³-hybridized carbons (Fsp3) is 0.235. The molecule has 0 amide bonds. The number of hydrogen-bond donors (Lipinski definition) is 4. The Hall–Kier alpha value is -4.00. The van der Waals surface area contributed by atoms with Crippen LogP contribution < -0.4 is 21.4 Å². The molecule has 0 radical (unpaired) electrons. The van der Waals surface area contributed by atoms with Gasteiger partial charge in [0.1, 0.15) is 0 Å². The van der Waals surface area contributed by atoms with Gasteiger partial charge in [-0.2, -0.15) is 0 Å². The Bertz CT molecular complexity index is 2030. The predicted octanol–water partition coefficient (Wildman–Crippen LogP) is 4.54. The van der Waals surface area contributed by atoms with Crippen LogP contribution in [0.3, 0.4) is 0 Å². The third-order valence-corrected chi connectivity index (χ3v) is 8.72. The molecule has 8 heteroatoms. The van der Waals surface area contributed by atoms with Crippen LogP contribution in [0.2, 0.25) is 0 Å². The monoisotopic (exact) mass is 600 g/mol. The van der Waals surface area contributed by atoms with E-state index >= 15 is 0 Å². The molecular formula is C34H34Cl2N4O2. The molecule has 4 aromatic rings. The fourth-order valence-electron chi connectivity index (χ4n) is 5.91. The van der Waals surface area contributed by atoms with Crippen molar-refractivity contribution in [2.24, 2.45) is 0 Å². The lowest BCUT2D eigenvalue weighted by Crippen LogP contribution is -2.13. The number of nitrogens with one attached hydrogen (secondary N) is 4. The molecule has 4 N–H and O–H groups in total. The number of carbonyl (C=O) groups is 2. The van der Waals surface area contributed by atoms with Gasteiger partial charge in [0, 0.05) is 68.1 Å². The summed E-state index contributed by atoms with van der Waals surface area (Å²) in [5, 5.41) is 2.93. The molecule has 0 fully saturated rings. The highest BCUT2D eigenvalue weighted by Crippen LogP contribution is 2.24. The highest BCUT2D eigenvalue weighted by atomic mass is 35.5. The van der Waals surface area contributed by atoms with Gasteiger partial charge in [0.15, 0.2) is 0 Å². The van der Waals surface area contributed by atoms with Gasteiger partial charge in [-0.25, -0.2) is 0 Å². The van der Waals surface area contributed by atoms with Gasteiger partial charge in [-0.15, -0.1) is 0 Å². The van der Waals surface area contributed by atoms with Crippen molar-refractivity contribution < 1.29 is 9.59 Å². The van der Waals surface area contributed by atoms with E-state index in [0.717, 1.165) is 88.7 Å². The van der Waals surface area contributed by atoms with Gasteiger partial charge in [-0.05, 0) is 121 Å². The molecule has 6 nitrogen and oxygen atoms in total. The number of hydrogen-bond acceptors (Lipinski definition) is 2. The van der Waals surface area contributed by atoms with Gasteiger partial charge in [-0.1, -0.05) is 25.3 Å². The van der Waals surface area contributed by atoms with Crippen molar-refractivity contribution in [3.63, 3.8) is 0 Å². The van der Waals surface area contributed by atoms with E-state index in [2.05, 4.69) is 71.2 Å². The highest BCUT2D eigenvalue weighted by Gasteiger charge is 2.17. The zero-order chi connectivity index (χ0) is 30.3. The van der Waals surface area contributed by atoms with E-state index in [1.54, 1.807) is 0 Å². The molecule has 0 atom stereocenters. The lowest BCUT2D eigenvalue weighted by atomic mass is 10.0. The van der Waals surface area contributed by atoms with Crippen molar-refractivity contribution in [2.75, 3.05) is 0 Å². The molecule has 1 aliphatic rings. The van der Waals surface area contributed by atoms with Crippen LogP contribution in [-0.2, 0) is 22.4 Å². The SMILES string of the molecule is C=Cc1c2[nH]c(c1C)C=c1[nH]c(c(CCC(=O)Cl)c1C)=Cc1[nH]c(c(C)c1CCC(=O)Cl)C=c1[nH]c(c(C)c1C=C)=C2. The Morgan fingerprint density at radius 3 is 1.74 bits per heavy atom. The second-order valence-electron chi connectivity index (χ2n) is 10.8. The smallest absolute Gasteiger partial charge is 0.221 e. The van der Waals surface area contributed by atoms with E-state index in [1.807, 2.05) is 26.0 Å². The number of fused-ring (bicyclic) bond motifs is 8. The van der Waals surface area contributed by atoms with Crippen LogP contribution in [-0.4, -0.2) is 30.4 Å². The number of H-pyrrole nitrogens is 4. The van der Waals surface area contributed by atoms with Gasteiger partial charge in [0.25, 0.3) is 0 Å². The van der Waals surface area contributed by atoms with E-state index in [-0.39, 0.29) is 23.3 Å². The molecule has 0 aromatic carbocycles. The van der Waals surface area contributed by atoms with Crippen molar-refractivity contribution in [3.8, 4) is 0 Å². The Morgan fingerprint density at radius 1 is 0.595 bits per heavy atom. The molecule has 5 rings (SSSR count). The van der Waals surface area contributed by atoms with Crippen LogP contribution in [0.5, 0.6) is 0 Å². The van der Waals surface area contributed by atoms with Crippen molar-refractivity contribution >= 4 is 70.1 Å². The number of carbonyl (C=O) groups excluding carboxylic acids is 2. The Kier molecular flexibility index (Phi) is 8.22. The molecule has 1 aliphatic heterocycles. The normalized spacial score (nSPS) is 12.1. The minimum Gasteiger partial charge on any atom is -0.355 e. The third-order valence-electron chi connectivity index (χ3n) is 8.34. The van der Waals surface area contributed by atoms with Crippen LogP contribution in [0.25, 0.3) is 36.5 Å². The van der Waals surface area contributed by atoms with Gasteiger partial charge in [0.05, 0.1) is 0 Å². The minimum absolute atomic E-state index is 0.218. The molecular weight excluding hydrogens is 567 g/mol. The maximum absolute atomic E-state index is 11.8. The molecule has 0 aliphatic carbocycles. The Balaban J connectivity index is 1.92. The first kappa shape index (κ1) is 29.5. The summed E-state index contributed by atoms with van der Waals surface area (Å²) in [6.45, 7) is 16.4. The summed E-state index contributed by atoms with van der Waals surface area (Å²) in [6, 6.07) is 0. The summed E-state index contributed by atoms with van der Waals surface area (Å²) in [5.41, 5.74) is 12.0. The van der Waals surface area contributed by atoms with E-state index < -0.39 is 0 Å². The highest BCUT2D eigenvalue weighted by molar-refractivity contribution is 6.63. The average Bonchev–Trinajstić information content (AvgIpc) is 3.59. The largest absolute Gasteiger partial charge is 0.355 e. The average molecular weight is 602 g/mol. The molecule has 0 unspecified atom stereocenters. The van der Waals surface area contributed by atoms with E-state index in [1.165, 1.54) is 0 Å². The summed E-state index contributed by atoms with van der Waals surface area (Å²) >= 11 is 11.5. The summed E-state index contributed by atoms with van der Waals surface area (Å²) in [5.74, 6) is 0. The van der Waals surface area contributed by atoms with E-state index in [0.29, 0.717) is 12.8 Å². The number of halogens is 2. The summed E-state index contributed by atoms with van der Waals surface area (Å²) in [6.07, 6.45) is 13.5. The number of rotatable bonds is 8. The summed E-state index contributed by atoms with van der Waals surface area (Å²) in [4.78, 5) is 37.9. The first-order chi connectivity index (χ1) is 20.0. The quantitative estimate of drug-likeness (QED) is 0.197.